The number of amides is 1. The van der Waals surface area contributed by atoms with Gasteiger partial charge in [0.2, 0.25) is 5.91 Å². The molecule has 2 aliphatic rings. The van der Waals surface area contributed by atoms with E-state index in [-0.39, 0.29) is 11.8 Å². The Morgan fingerprint density at radius 3 is 2.30 bits per heavy atom. The second kappa shape index (κ2) is 11.7. The first-order chi connectivity index (χ1) is 16.0. The van der Waals surface area contributed by atoms with E-state index in [4.69, 9.17) is 23.2 Å². The Morgan fingerprint density at radius 1 is 0.909 bits per heavy atom. The standard InChI is InChI=1S/C27H35Cl2N3O/c1-20-7-11-31(12-8-20)18-22-4-2-3-21(15-22)17-30-27(33)23-9-13-32(14-10-23)19-24-5-6-25(28)16-26(24)29/h2-6,15-16,20,23H,7-14,17-19H2,1H3,(H,30,33). The van der Waals surface area contributed by atoms with Crippen molar-refractivity contribution in [3.8, 4) is 0 Å². The number of nitrogens with zero attached hydrogens (tertiary/aromatic N) is 2. The normalized spacial score (nSPS) is 19.0. The Kier molecular flexibility index (Phi) is 8.70. The molecule has 33 heavy (non-hydrogen) atoms. The molecule has 0 aromatic heterocycles. The number of piperidine rings is 2. The molecule has 2 saturated heterocycles. The number of benzene rings is 2. The number of halogens is 2. The van der Waals surface area contributed by atoms with Crippen molar-refractivity contribution in [2.75, 3.05) is 26.2 Å². The van der Waals surface area contributed by atoms with Gasteiger partial charge in [0, 0.05) is 35.6 Å². The first-order valence-electron chi connectivity index (χ1n) is 12.2. The predicted octanol–water partition coefficient (Wildman–Crippen LogP) is 5.75. The zero-order valence-corrected chi connectivity index (χ0v) is 21.0. The fourth-order valence-electron chi connectivity index (χ4n) is 4.89. The second-order valence-electron chi connectivity index (χ2n) is 9.78. The van der Waals surface area contributed by atoms with Crippen molar-refractivity contribution in [3.05, 3.63) is 69.2 Å². The van der Waals surface area contributed by atoms with Gasteiger partial charge in [0.25, 0.3) is 0 Å². The molecule has 2 aromatic rings. The first-order valence-corrected chi connectivity index (χ1v) is 13.0. The minimum absolute atomic E-state index is 0.0838. The molecule has 178 valence electrons. The smallest absolute Gasteiger partial charge is 0.223 e. The van der Waals surface area contributed by atoms with Gasteiger partial charge in [-0.2, -0.15) is 0 Å². The van der Waals surface area contributed by atoms with Gasteiger partial charge in [-0.1, -0.05) is 60.5 Å². The molecule has 0 unspecified atom stereocenters. The van der Waals surface area contributed by atoms with Gasteiger partial charge in [0.1, 0.15) is 0 Å². The number of nitrogens with one attached hydrogen (secondary N) is 1. The van der Waals surface area contributed by atoms with Crippen LogP contribution >= 0.6 is 23.2 Å². The largest absolute Gasteiger partial charge is 0.352 e. The molecule has 0 radical (unpaired) electrons. The molecule has 0 spiro atoms. The van der Waals surface area contributed by atoms with Crippen molar-refractivity contribution in [2.45, 2.75) is 52.2 Å². The van der Waals surface area contributed by atoms with Gasteiger partial charge < -0.3 is 5.32 Å². The summed E-state index contributed by atoms with van der Waals surface area (Å²) in [4.78, 5) is 17.7. The summed E-state index contributed by atoms with van der Waals surface area (Å²) in [5.41, 5.74) is 3.61. The average molecular weight is 489 g/mol. The van der Waals surface area contributed by atoms with E-state index in [1.165, 1.54) is 37.1 Å². The van der Waals surface area contributed by atoms with Crippen molar-refractivity contribution in [3.63, 3.8) is 0 Å². The zero-order chi connectivity index (χ0) is 23.2. The molecule has 0 bridgehead atoms. The van der Waals surface area contributed by atoms with Crippen LogP contribution in [0.5, 0.6) is 0 Å². The minimum Gasteiger partial charge on any atom is -0.352 e. The molecule has 4 nitrogen and oxygen atoms in total. The number of hydrogen-bond acceptors (Lipinski definition) is 3. The van der Waals surface area contributed by atoms with E-state index in [0.29, 0.717) is 16.6 Å². The van der Waals surface area contributed by atoms with E-state index >= 15 is 0 Å². The third kappa shape index (κ3) is 7.19. The van der Waals surface area contributed by atoms with Gasteiger partial charge in [-0.25, -0.2) is 0 Å². The zero-order valence-electron chi connectivity index (χ0n) is 19.5. The van der Waals surface area contributed by atoms with Crippen LogP contribution in [0.1, 0.15) is 49.3 Å². The van der Waals surface area contributed by atoms with Gasteiger partial charge in [-0.15, -0.1) is 0 Å². The number of likely N-dealkylation sites (tertiary alicyclic amines) is 2. The SMILES string of the molecule is CC1CCN(Cc2cccc(CNC(=O)C3CCN(Cc4ccc(Cl)cc4Cl)CC3)c2)CC1. The van der Waals surface area contributed by atoms with Gasteiger partial charge in [-0.3, -0.25) is 14.6 Å². The van der Waals surface area contributed by atoms with E-state index in [1.54, 1.807) is 6.07 Å². The highest BCUT2D eigenvalue weighted by Gasteiger charge is 2.25. The highest BCUT2D eigenvalue weighted by Crippen LogP contribution is 2.25. The van der Waals surface area contributed by atoms with Crippen LogP contribution in [0.2, 0.25) is 10.0 Å². The van der Waals surface area contributed by atoms with Gasteiger partial charge in [-0.05, 0) is 86.6 Å². The maximum atomic E-state index is 12.8. The van der Waals surface area contributed by atoms with Crippen LogP contribution in [0.15, 0.2) is 42.5 Å². The number of carbonyl (C=O) groups excluding carboxylic acids is 1. The summed E-state index contributed by atoms with van der Waals surface area (Å²) in [5.74, 6) is 1.11. The van der Waals surface area contributed by atoms with Crippen molar-refractivity contribution < 1.29 is 4.79 Å². The molecule has 4 rings (SSSR count). The quantitative estimate of drug-likeness (QED) is 0.539. The summed E-state index contributed by atoms with van der Waals surface area (Å²) >= 11 is 12.3. The maximum absolute atomic E-state index is 12.8. The van der Waals surface area contributed by atoms with Crippen molar-refractivity contribution in [1.29, 1.82) is 0 Å². The molecule has 1 amide bonds. The highest BCUT2D eigenvalue weighted by molar-refractivity contribution is 6.35. The number of rotatable bonds is 7. The highest BCUT2D eigenvalue weighted by atomic mass is 35.5. The van der Waals surface area contributed by atoms with E-state index in [0.717, 1.165) is 50.5 Å². The van der Waals surface area contributed by atoms with Crippen LogP contribution in [0.3, 0.4) is 0 Å². The van der Waals surface area contributed by atoms with Gasteiger partial charge >= 0.3 is 0 Å². The third-order valence-electron chi connectivity index (χ3n) is 7.11. The Morgan fingerprint density at radius 2 is 1.58 bits per heavy atom. The van der Waals surface area contributed by atoms with Gasteiger partial charge in [0.15, 0.2) is 0 Å². The fraction of sp³-hybridized carbons (Fsp3) is 0.519. The first kappa shape index (κ1) is 24.5. The summed E-state index contributed by atoms with van der Waals surface area (Å²) in [6, 6.07) is 14.3. The predicted molar refractivity (Wildman–Crippen MR) is 136 cm³/mol. The Bertz CT molecular complexity index is 935. The molecule has 0 aliphatic carbocycles. The number of carbonyl (C=O) groups is 1. The van der Waals surface area contributed by atoms with Crippen molar-refractivity contribution >= 4 is 29.1 Å². The Balaban J connectivity index is 1.21. The molecule has 2 heterocycles. The maximum Gasteiger partial charge on any atom is 0.223 e. The van der Waals surface area contributed by atoms with Crippen LogP contribution in [0.4, 0.5) is 0 Å². The lowest BCUT2D eigenvalue weighted by Gasteiger charge is -2.31. The second-order valence-corrected chi connectivity index (χ2v) is 10.6. The average Bonchev–Trinajstić information content (AvgIpc) is 2.81. The summed E-state index contributed by atoms with van der Waals surface area (Å²) < 4.78 is 0. The van der Waals surface area contributed by atoms with Gasteiger partial charge in [0.05, 0.1) is 0 Å². The van der Waals surface area contributed by atoms with E-state index < -0.39 is 0 Å². The molecule has 6 heteroatoms. The van der Waals surface area contributed by atoms with Crippen LogP contribution in [0.25, 0.3) is 0 Å². The van der Waals surface area contributed by atoms with Crippen LogP contribution < -0.4 is 5.32 Å². The van der Waals surface area contributed by atoms with E-state index in [9.17, 15) is 4.79 Å². The topological polar surface area (TPSA) is 35.6 Å². The summed E-state index contributed by atoms with van der Waals surface area (Å²) in [7, 11) is 0. The monoisotopic (exact) mass is 487 g/mol. The number of hydrogen-bond donors (Lipinski definition) is 1. The van der Waals surface area contributed by atoms with Crippen molar-refractivity contribution in [2.24, 2.45) is 11.8 Å². The lowest BCUT2D eigenvalue weighted by atomic mass is 9.95. The lowest BCUT2D eigenvalue weighted by Crippen LogP contribution is -2.40. The summed E-state index contributed by atoms with van der Waals surface area (Å²) in [6.45, 7) is 8.93. The van der Waals surface area contributed by atoms with Crippen LogP contribution in [0, 0.1) is 11.8 Å². The minimum atomic E-state index is 0.0838. The molecule has 0 atom stereocenters. The van der Waals surface area contributed by atoms with Crippen LogP contribution in [-0.2, 0) is 24.4 Å². The van der Waals surface area contributed by atoms with E-state index in [2.05, 4.69) is 46.3 Å². The van der Waals surface area contributed by atoms with E-state index in [1.807, 2.05) is 12.1 Å². The summed E-state index contributed by atoms with van der Waals surface area (Å²) in [5, 5.41) is 4.54. The Labute approximate surface area is 208 Å². The molecule has 2 fully saturated rings. The fourth-order valence-corrected chi connectivity index (χ4v) is 5.36. The van der Waals surface area contributed by atoms with Crippen LogP contribution in [-0.4, -0.2) is 41.9 Å². The molecule has 2 aliphatic heterocycles. The molecule has 1 N–H and O–H groups in total. The molecule has 2 aromatic carbocycles. The third-order valence-corrected chi connectivity index (χ3v) is 7.69. The Hall–Kier alpha value is -1.59. The molecule has 0 saturated carbocycles. The summed E-state index contributed by atoms with van der Waals surface area (Å²) in [6.07, 6.45) is 4.34. The van der Waals surface area contributed by atoms with Crippen molar-refractivity contribution in [1.82, 2.24) is 15.1 Å². The molecular formula is C27H35Cl2N3O. The lowest BCUT2D eigenvalue weighted by molar-refractivity contribution is -0.126. The molecular weight excluding hydrogens is 453 g/mol.